The molecule has 0 atom stereocenters. The lowest BCUT2D eigenvalue weighted by molar-refractivity contribution is -0.127. The van der Waals surface area contributed by atoms with Gasteiger partial charge in [0.2, 0.25) is 0 Å². The summed E-state index contributed by atoms with van der Waals surface area (Å²) in [5.41, 5.74) is 2.08. The van der Waals surface area contributed by atoms with Gasteiger partial charge in [-0.1, -0.05) is 56.2 Å². The van der Waals surface area contributed by atoms with Crippen LogP contribution in [0.25, 0.3) is 0 Å². The van der Waals surface area contributed by atoms with Crippen LogP contribution in [0.1, 0.15) is 56.6 Å². The van der Waals surface area contributed by atoms with Crippen molar-refractivity contribution >= 4 is 11.6 Å². The zero-order valence-electron chi connectivity index (χ0n) is 16.9. The van der Waals surface area contributed by atoms with Crippen molar-refractivity contribution in [3.63, 3.8) is 0 Å². The fraction of sp³-hybridized carbons (Fsp3) is 0.417. The molecule has 0 radical (unpaired) electrons. The fourth-order valence-electron chi connectivity index (χ4n) is 2.97. The molecule has 28 heavy (non-hydrogen) atoms. The van der Waals surface area contributed by atoms with Gasteiger partial charge >= 0.3 is 0 Å². The van der Waals surface area contributed by atoms with Gasteiger partial charge in [-0.05, 0) is 36.1 Å². The Hall–Kier alpha value is -2.62. The zero-order valence-corrected chi connectivity index (χ0v) is 16.9. The van der Waals surface area contributed by atoms with E-state index in [4.69, 9.17) is 9.47 Å². The number of carbonyl (C=O) groups excluding carboxylic acids is 2. The van der Waals surface area contributed by atoms with Crippen LogP contribution < -0.4 is 9.47 Å². The van der Waals surface area contributed by atoms with Gasteiger partial charge in [0.1, 0.15) is 18.2 Å². The normalized spacial score (nSPS) is 10.5. The van der Waals surface area contributed by atoms with Crippen LogP contribution in [0.4, 0.5) is 0 Å². The number of ketones is 2. The quantitative estimate of drug-likeness (QED) is 0.348. The van der Waals surface area contributed by atoms with Gasteiger partial charge in [-0.25, -0.2) is 0 Å². The van der Waals surface area contributed by atoms with Crippen LogP contribution in [-0.4, -0.2) is 18.7 Å². The van der Waals surface area contributed by atoms with Crippen molar-refractivity contribution in [2.45, 2.75) is 58.5 Å². The van der Waals surface area contributed by atoms with Crippen LogP contribution >= 0.6 is 0 Å². The smallest absolute Gasteiger partial charge is 0.161 e. The predicted octanol–water partition coefficient (Wildman–Crippen LogP) is 5.32. The lowest BCUT2D eigenvalue weighted by Crippen LogP contribution is -2.08. The molecular formula is C24H30O4. The lowest BCUT2D eigenvalue weighted by atomic mass is 10.0. The molecule has 0 bridgehead atoms. The van der Waals surface area contributed by atoms with E-state index in [2.05, 4.69) is 6.92 Å². The standard InChI is InChI=1S/C24H30O4/c1-3-4-6-11-21(25)17-22(26)14-12-19-13-15-23(24(16-19)27-2)28-18-20-9-7-5-8-10-20/h5,7-10,13,15-16H,3-4,6,11-12,14,17-18H2,1-2H3. The van der Waals surface area contributed by atoms with Crippen molar-refractivity contribution in [3.05, 3.63) is 59.7 Å². The highest BCUT2D eigenvalue weighted by atomic mass is 16.5. The zero-order chi connectivity index (χ0) is 20.2. The minimum absolute atomic E-state index is 0.00451. The molecule has 4 nitrogen and oxygen atoms in total. The number of hydrogen-bond acceptors (Lipinski definition) is 4. The molecule has 2 aromatic rings. The van der Waals surface area contributed by atoms with E-state index in [0.717, 1.165) is 30.4 Å². The van der Waals surface area contributed by atoms with E-state index in [1.807, 2.05) is 48.5 Å². The Balaban J connectivity index is 1.84. The van der Waals surface area contributed by atoms with E-state index in [9.17, 15) is 9.59 Å². The van der Waals surface area contributed by atoms with E-state index in [-0.39, 0.29) is 18.0 Å². The minimum Gasteiger partial charge on any atom is -0.493 e. The monoisotopic (exact) mass is 382 g/mol. The molecule has 0 aromatic heterocycles. The first-order chi connectivity index (χ1) is 13.6. The number of rotatable bonds is 13. The summed E-state index contributed by atoms with van der Waals surface area (Å²) in [5, 5.41) is 0. The molecule has 0 aliphatic heterocycles. The third kappa shape index (κ3) is 7.55. The first kappa shape index (κ1) is 21.7. The summed E-state index contributed by atoms with van der Waals surface area (Å²) >= 11 is 0. The number of carbonyl (C=O) groups is 2. The maximum atomic E-state index is 12.1. The molecule has 0 heterocycles. The molecular weight excluding hydrogens is 352 g/mol. The van der Waals surface area contributed by atoms with Crippen molar-refractivity contribution in [2.75, 3.05) is 7.11 Å². The summed E-state index contributed by atoms with van der Waals surface area (Å²) in [7, 11) is 1.61. The van der Waals surface area contributed by atoms with E-state index in [0.29, 0.717) is 37.4 Å². The molecule has 0 saturated heterocycles. The Bertz CT molecular complexity index is 752. The molecule has 0 aliphatic carbocycles. The first-order valence-electron chi connectivity index (χ1n) is 9.99. The van der Waals surface area contributed by atoms with Crippen molar-refractivity contribution in [1.82, 2.24) is 0 Å². The van der Waals surface area contributed by atoms with E-state index < -0.39 is 0 Å². The molecule has 0 N–H and O–H groups in total. The summed E-state index contributed by atoms with van der Waals surface area (Å²) in [5.74, 6) is 1.38. The second-order valence-electron chi connectivity index (χ2n) is 6.97. The summed E-state index contributed by atoms with van der Waals surface area (Å²) in [6, 6.07) is 15.7. The number of unbranched alkanes of at least 4 members (excludes halogenated alkanes) is 2. The maximum absolute atomic E-state index is 12.1. The molecule has 0 amide bonds. The van der Waals surface area contributed by atoms with E-state index in [1.165, 1.54) is 0 Å². The molecule has 0 unspecified atom stereocenters. The molecule has 2 aromatic carbocycles. The van der Waals surface area contributed by atoms with Crippen molar-refractivity contribution < 1.29 is 19.1 Å². The topological polar surface area (TPSA) is 52.6 Å². The molecule has 4 heteroatoms. The van der Waals surface area contributed by atoms with Crippen molar-refractivity contribution in [3.8, 4) is 11.5 Å². The number of Topliss-reactive ketones (excluding diaryl/α,β-unsaturated/α-hetero) is 2. The average molecular weight is 383 g/mol. The van der Waals surface area contributed by atoms with Crippen LogP contribution in [0.5, 0.6) is 11.5 Å². The maximum Gasteiger partial charge on any atom is 0.161 e. The van der Waals surface area contributed by atoms with Gasteiger partial charge < -0.3 is 9.47 Å². The Labute approximate surface area is 167 Å². The van der Waals surface area contributed by atoms with Crippen LogP contribution in [0.3, 0.4) is 0 Å². The van der Waals surface area contributed by atoms with Gasteiger partial charge in [0.05, 0.1) is 13.5 Å². The van der Waals surface area contributed by atoms with Gasteiger partial charge in [-0.15, -0.1) is 0 Å². The molecule has 0 aliphatic rings. The van der Waals surface area contributed by atoms with Crippen LogP contribution in [0.2, 0.25) is 0 Å². The number of hydrogen-bond donors (Lipinski definition) is 0. The first-order valence-corrected chi connectivity index (χ1v) is 9.99. The fourth-order valence-corrected chi connectivity index (χ4v) is 2.97. The number of methoxy groups -OCH3 is 1. The molecule has 0 fully saturated rings. The minimum atomic E-state index is 0.00451. The average Bonchev–Trinajstić information content (AvgIpc) is 2.72. The van der Waals surface area contributed by atoms with Gasteiger partial charge in [0.25, 0.3) is 0 Å². The number of aryl methyl sites for hydroxylation is 1. The van der Waals surface area contributed by atoms with Crippen molar-refractivity contribution in [2.24, 2.45) is 0 Å². The Morgan fingerprint density at radius 2 is 1.61 bits per heavy atom. The number of benzene rings is 2. The third-order valence-electron chi connectivity index (χ3n) is 4.61. The molecule has 2 rings (SSSR count). The third-order valence-corrected chi connectivity index (χ3v) is 4.61. The van der Waals surface area contributed by atoms with Crippen molar-refractivity contribution in [1.29, 1.82) is 0 Å². The lowest BCUT2D eigenvalue weighted by Gasteiger charge is -2.12. The SMILES string of the molecule is CCCCCC(=O)CC(=O)CCc1ccc(OCc2ccccc2)c(OC)c1. The second kappa shape index (κ2) is 12.0. The summed E-state index contributed by atoms with van der Waals surface area (Å²) in [4.78, 5) is 23.9. The highest BCUT2D eigenvalue weighted by Gasteiger charge is 2.11. The van der Waals surface area contributed by atoms with Crippen LogP contribution in [0, 0.1) is 0 Å². The molecule has 0 saturated carbocycles. The van der Waals surface area contributed by atoms with Crippen LogP contribution in [-0.2, 0) is 22.6 Å². The summed E-state index contributed by atoms with van der Waals surface area (Å²) in [6.45, 7) is 2.57. The molecule has 150 valence electrons. The van der Waals surface area contributed by atoms with Gasteiger partial charge in [-0.2, -0.15) is 0 Å². The largest absolute Gasteiger partial charge is 0.493 e. The predicted molar refractivity (Wildman–Crippen MR) is 111 cm³/mol. The highest BCUT2D eigenvalue weighted by Crippen LogP contribution is 2.29. The Kier molecular flexibility index (Phi) is 9.26. The van der Waals surface area contributed by atoms with E-state index >= 15 is 0 Å². The Morgan fingerprint density at radius 1 is 0.857 bits per heavy atom. The summed E-state index contributed by atoms with van der Waals surface area (Å²) in [6.07, 6.45) is 4.53. The molecule has 0 spiro atoms. The highest BCUT2D eigenvalue weighted by molar-refractivity contribution is 5.99. The van der Waals surface area contributed by atoms with Crippen LogP contribution in [0.15, 0.2) is 48.5 Å². The Morgan fingerprint density at radius 3 is 2.32 bits per heavy atom. The second-order valence-corrected chi connectivity index (χ2v) is 6.97. The van der Waals surface area contributed by atoms with E-state index in [1.54, 1.807) is 7.11 Å². The number of ether oxygens (including phenoxy) is 2. The van der Waals surface area contributed by atoms with Gasteiger partial charge in [-0.3, -0.25) is 9.59 Å². The van der Waals surface area contributed by atoms with Gasteiger partial charge in [0, 0.05) is 12.8 Å². The van der Waals surface area contributed by atoms with Gasteiger partial charge in [0.15, 0.2) is 11.5 Å². The summed E-state index contributed by atoms with van der Waals surface area (Å²) < 4.78 is 11.3.